The maximum absolute atomic E-state index is 12.4. The van der Waals surface area contributed by atoms with E-state index in [1.807, 2.05) is 29.2 Å². The number of amides is 1. The third-order valence-corrected chi connectivity index (χ3v) is 4.04. The molecule has 0 atom stereocenters. The molecule has 1 fully saturated rings. The van der Waals surface area contributed by atoms with E-state index in [9.17, 15) is 4.79 Å². The monoisotopic (exact) mass is 307 g/mol. The molecule has 0 saturated carbocycles. The Hall–Kier alpha value is -2.46. The number of nitrogens with zero attached hydrogens (tertiary/aromatic N) is 3. The van der Waals surface area contributed by atoms with Gasteiger partial charge in [0.15, 0.2) is 0 Å². The predicted octanol–water partition coefficient (Wildman–Crippen LogP) is 2.55. The van der Waals surface area contributed by atoms with Gasteiger partial charge in [0.05, 0.1) is 5.56 Å². The predicted molar refractivity (Wildman–Crippen MR) is 92.1 cm³/mol. The molecule has 4 heteroatoms. The molecule has 0 aliphatic carbocycles. The lowest BCUT2D eigenvalue weighted by molar-refractivity contribution is 0.0650. The van der Waals surface area contributed by atoms with Gasteiger partial charge < -0.3 is 4.90 Å². The highest BCUT2D eigenvalue weighted by Gasteiger charge is 2.21. The normalized spacial score (nSPS) is 15.9. The third-order valence-electron chi connectivity index (χ3n) is 4.04. The highest BCUT2D eigenvalue weighted by Crippen LogP contribution is 2.08. The van der Waals surface area contributed by atoms with Crippen LogP contribution in [0.3, 0.4) is 0 Å². The number of hydrogen-bond donors (Lipinski definition) is 0. The van der Waals surface area contributed by atoms with Crippen LogP contribution >= 0.6 is 0 Å². The number of pyridine rings is 1. The highest BCUT2D eigenvalue weighted by atomic mass is 16.2. The van der Waals surface area contributed by atoms with Gasteiger partial charge in [0.1, 0.15) is 0 Å². The van der Waals surface area contributed by atoms with Gasteiger partial charge in [0.25, 0.3) is 5.91 Å². The Balaban J connectivity index is 1.47. The van der Waals surface area contributed by atoms with Crippen LogP contribution in [0.5, 0.6) is 0 Å². The molecule has 0 unspecified atom stereocenters. The summed E-state index contributed by atoms with van der Waals surface area (Å²) < 4.78 is 0. The summed E-state index contributed by atoms with van der Waals surface area (Å²) in [5, 5.41) is 0. The first kappa shape index (κ1) is 15.4. The quantitative estimate of drug-likeness (QED) is 0.871. The van der Waals surface area contributed by atoms with Crippen LogP contribution in [0.1, 0.15) is 15.9 Å². The van der Waals surface area contributed by atoms with E-state index in [-0.39, 0.29) is 5.91 Å². The molecule has 1 aromatic carbocycles. The fraction of sp³-hybridized carbons (Fsp3) is 0.263. The second-order valence-corrected chi connectivity index (χ2v) is 5.65. The Morgan fingerprint density at radius 3 is 2.52 bits per heavy atom. The molecule has 1 aromatic heterocycles. The molecule has 0 spiro atoms. The van der Waals surface area contributed by atoms with Gasteiger partial charge in [0, 0.05) is 45.1 Å². The van der Waals surface area contributed by atoms with Crippen molar-refractivity contribution in [3.05, 3.63) is 72.1 Å². The lowest BCUT2D eigenvalue weighted by atomic mass is 10.2. The summed E-state index contributed by atoms with van der Waals surface area (Å²) in [5.41, 5.74) is 1.89. The summed E-state index contributed by atoms with van der Waals surface area (Å²) in [5.74, 6) is 0.0811. The summed E-state index contributed by atoms with van der Waals surface area (Å²) in [4.78, 5) is 20.7. The lowest BCUT2D eigenvalue weighted by Crippen LogP contribution is -2.48. The summed E-state index contributed by atoms with van der Waals surface area (Å²) in [6, 6.07) is 13.9. The van der Waals surface area contributed by atoms with Crippen molar-refractivity contribution in [1.29, 1.82) is 0 Å². The van der Waals surface area contributed by atoms with Crippen molar-refractivity contribution >= 4 is 12.0 Å². The average Bonchev–Trinajstić information content (AvgIpc) is 2.63. The SMILES string of the molecule is O=C(c1cccnc1)N1CCN(C/C=C\c2ccccc2)CC1. The van der Waals surface area contributed by atoms with Gasteiger partial charge in [-0.05, 0) is 17.7 Å². The van der Waals surface area contributed by atoms with Crippen molar-refractivity contribution in [3.63, 3.8) is 0 Å². The molecule has 0 radical (unpaired) electrons. The van der Waals surface area contributed by atoms with Gasteiger partial charge in [-0.15, -0.1) is 0 Å². The molecule has 1 amide bonds. The van der Waals surface area contributed by atoms with Crippen molar-refractivity contribution in [2.24, 2.45) is 0 Å². The minimum atomic E-state index is 0.0811. The molecule has 1 saturated heterocycles. The Labute approximate surface area is 137 Å². The Morgan fingerprint density at radius 2 is 1.83 bits per heavy atom. The van der Waals surface area contributed by atoms with Crippen LogP contribution in [0.2, 0.25) is 0 Å². The van der Waals surface area contributed by atoms with Crippen LogP contribution in [0.15, 0.2) is 60.9 Å². The van der Waals surface area contributed by atoms with E-state index in [0.29, 0.717) is 5.56 Å². The number of aromatic nitrogens is 1. The van der Waals surface area contributed by atoms with E-state index in [2.05, 4.69) is 34.2 Å². The largest absolute Gasteiger partial charge is 0.336 e. The Morgan fingerprint density at radius 1 is 1.04 bits per heavy atom. The molecule has 118 valence electrons. The highest BCUT2D eigenvalue weighted by molar-refractivity contribution is 5.93. The summed E-state index contributed by atoms with van der Waals surface area (Å²) in [6.07, 6.45) is 7.66. The van der Waals surface area contributed by atoms with Crippen molar-refractivity contribution in [1.82, 2.24) is 14.8 Å². The Bertz CT molecular complexity index is 647. The molecule has 1 aliphatic rings. The van der Waals surface area contributed by atoms with Gasteiger partial charge in [0.2, 0.25) is 0 Å². The molecule has 2 heterocycles. The van der Waals surface area contributed by atoms with Crippen molar-refractivity contribution in [2.75, 3.05) is 32.7 Å². The van der Waals surface area contributed by atoms with Crippen LogP contribution in [0.25, 0.3) is 6.08 Å². The number of carbonyl (C=O) groups excluding carboxylic acids is 1. The van der Waals surface area contributed by atoms with Crippen LogP contribution in [0, 0.1) is 0 Å². The maximum atomic E-state index is 12.4. The van der Waals surface area contributed by atoms with E-state index >= 15 is 0 Å². The van der Waals surface area contributed by atoms with Crippen LogP contribution in [-0.4, -0.2) is 53.4 Å². The fourth-order valence-corrected chi connectivity index (χ4v) is 2.71. The summed E-state index contributed by atoms with van der Waals surface area (Å²) in [7, 11) is 0. The minimum Gasteiger partial charge on any atom is -0.336 e. The zero-order valence-corrected chi connectivity index (χ0v) is 13.1. The second kappa shape index (κ2) is 7.70. The number of carbonyl (C=O) groups is 1. The number of rotatable bonds is 4. The molecular formula is C19H21N3O. The van der Waals surface area contributed by atoms with Crippen molar-refractivity contribution in [3.8, 4) is 0 Å². The third kappa shape index (κ3) is 4.27. The van der Waals surface area contributed by atoms with E-state index < -0.39 is 0 Å². The maximum Gasteiger partial charge on any atom is 0.255 e. The molecule has 23 heavy (non-hydrogen) atoms. The number of benzene rings is 1. The van der Waals surface area contributed by atoms with Gasteiger partial charge in [-0.2, -0.15) is 0 Å². The van der Waals surface area contributed by atoms with E-state index in [1.165, 1.54) is 5.56 Å². The molecule has 1 aliphatic heterocycles. The molecular weight excluding hydrogens is 286 g/mol. The van der Waals surface area contributed by atoms with Gasteiger partial charge >= 0.3 is 0 Å². The van der Waals surface area contributed by atoms with Gasteiger partial charge in [-0.3, -0.25) is 14.7 Å². The first-order chi connectivity index (χ1) is 11.3. The second-order valence-electron chi connectivity index (χ2n) is 5.65. The van der Waals surface area contributed by atoms with Crippen LogP contribution < -0.4 is 0 Å². The Kier molecular flexibility index (Phi) is 5.17. The van der Waals surface area contributed by atoms with Gasteiger partial charge in [-0.25, -0.2) is 0 Å². The van der Waals surface area contributed by atoms with Gasteiger partial charge in [-0.1, -0.05) is 42.5 Å². The minimum absolute atomic E-state index is 0.0811. The first-order valence-corrected chi connectivity index (χ1v) is 7.96. The topological polar surface area (TPSA) is 36.4 Å². The molecule has 0 N–H and O–H groups in total. The van der Waals surface area contributed by atoms with Crippen molar-refractivity contribution < 1.29 is 4.79 Å². The van der Waals surface area contributed by atoms with E-state index in [1.54, 1.807) is 18.5 Å². The molecule has 4 nitrogen and oxygen atoms in total. The van der Waals surface area contributed by atoms with Crippen LogP contribution in [-0.2, 0) is 0 Å². The number of piperazine rings is 1. The lowest BCUT2D eigenvalue weighted by Gasteiger charge is -2.34. The summed E-state index contributed by atoms with van der Waals surface area (Å²) >= 11 is 0. The smallest absolute Gasteiger partial charge is 0.255 e. The zero-order valence-electron chi connectivity index (χ0n) is 13.1. The van der Waals surface area contributed by atoms with E-state index in [4.69, 9.17) is 0 Å². The molecule has 3 rings (SSSR count). The first-order valence-electron chi connectivity index (χ1n) is 7.96. The number of hydrogen-bond acceptors (Lipinski definition) is 3. The fourth-order valence-electron chi connectivity index (χ4n) is 2.71. The standard InChI is InChI=1S/C19H21N3O/c23-19(18-9-4-10-20-16-18)22-14-12-21(13-15-22)11-5-8-17-6-2-1-3-7-17/h1-10,16H,11-15H2/b8-5-. The average molecular weight is 307 g/mol. The van der Waals surface area contributed by atoms with Crippen LogP contribution in [0.4, 0.5) is 0 Å². The van der Waals surface area contributed by atoms with Crippen molar-refractivity contribution in [2.45, 2.75) is 0 Å². The molecule has 2 aromatic rings. The summed E-state index contributed by atoms with van der Waals surface area (Å²) in [6.45, 7) is 4.28. The zero-order chi connectivity index (χ0) is 15.9. The van der Waals surface area contributed by atoms with E-state index in [0.717, 1.165) is 32.7 Å². The molecule has 0 bridgehead atoms.